The quantitative estimate of drug-likeness (QED) is 0.765. The van der Waals surface area contributed by atoms with E-state index in [1.807, 2.05) is 4.90 Å². The van der Waals surface area contributed by atoms with Gasteiger partial charge in [0.05, 0.1) is 29.4 Å². The van der Waals surface area contributed by atoms with Gasteiger partial charge >= 0.3 is 5.97 Å². The number of anilines is 1. The Morgan fingerprint density at radius 3 is 2.69 bits per heavy atom. The highest BCUT2D eigenvalue weighted by atomic mass is 32.2. The summed E-state index contributed by atoms with van der Waals surface area (Å²) >= 11 is 1.17. The average Bonchev–Trinajstić information content (AvgIpc) is 3.14. The Balaban J connectivity index is 1.72. The second kappa shape index (κ2) is 6.58. The van der Waals surface area contributed by atoms with Crippen molar-refractivity contribution in [3.8, 4) is 0 Å². The number of carbonyl (C=O) groups excluding carboxylic acids is 2. The Morgan fingerprint density at radius 2 is 1.96 bits per heavy atom. The predicted octanol–water partition coefficient (Wildman–Crippen LogP) is 0.791. The Bertz CT molecular complexity index is 873. The summed E-state index contributed by atoms with van der Waals surface area (Å²) in [5.41, 5.74) is 1.28. The van der Waals surface area contributed by atoms with Crippen molar-refractivity contribution in [2.45, 2.75) is 0 Å². The molecule has 0 bridgehead atoms. The molecular weight excluding hydrogens is 358 g/mol. The topological polar surface area (TPSA) is 99.5 Å². The molecule has 0 unspecified atom stereocenters. The minimum atomic E-state index is -1.12. The number of rotatable bonds is 2. The van der Waals surface area contributed by atoms with Crippen molar-refractivity contribution >= 4 is 46.0 Å². The van der Waals surface area contributed by atoms with Crippen molar-refractivity contribution < 1.29 is 24.2 Å². The fourth-order valence-corrected chi connectivity index (χ4v) is 4.19. The lowest BCUT2D eigenvalue weighted by molar-refractivity contribution is -0.136. The molecule has 2 amide bonds. The second-order valence-corrected chi connectivity index (χ2v) is 6.88. The number of thioether (sulfide) groups is 1. The summed E-state index contributed by atoms with van der Waals surface area (Å²) in [7, 11) is 0. The van der Waals surface area contributed by atoms with Crippen molar-refractivity contribution in [2.75, 3.05) is 37.7 Å². The number of carboxylic acid groups (broad SMARTS) is 1. The number of nitrogens with zero attached hydrogens (tertiary/aromatic N) is 3. The molecule has 0 radical (unpaired) electrons. The van der Waals surface area contributed by atoms with E-state index in [0.29, 0.717) is 42.7 Å². The molecule has 4 rings (SSSR count). The summed E-state index contributed by atoms with van der Waals surface area (Å²) in [5, 5.41) is 9.67. The summed E-state index contributed by atoms with van der Waals surface area (Å²) in [6, 6.07) is 6.88. The molecule has 1 saturated heterocycles. The van der Waals surface area contributed by atoms with E-state index >= 15 is 0 Å². The van der Waals surface area contributed by atoms with Crippen LogP contribution in [0.4, 0.5) is 5.69 Å². The van der Waals surface area contributed by atoms with Gasteiger partial charge in [-0.15, -0.1) is 0 Å². The van der Waals surface area contributed by atoms with Gasteiger partial charge in [-0.3, -0.25) is 19.3 Å². The highest BCUT2D eigenvalue weighted by molar-refractivity contribution is 8.18. The molecule has 3 heterocycles. The van der Waals surface area contributed by atoms with Crippen LogP contribution in [0.5, 0.6) is 0 Å². The number of morpholine rings is 1. The molecule has 0 atom stereocenters. The monoisotopic (exact) mass is 373 g/mol. The van der Waals surface area contributed by atoms with Gasteiger partial charge in [0.25, 0.3) is 11.8 Å². The minimum Gasteiger partial charge on any atom is -0.480 e. The smallest absolute Gasteiger partial charge is 0.323 e. The molecule has 0 aliphatic carbocycles. The molecule has 9 heteroatoms. The zero-order valence-electron chi connectivity index (χ0n) is 13.7. The van der Waals surface area contributed by atoms with E-state index in [2.05, 4.69) is 4.99 Å². The molecule has 8 nitrogen and oxygen atoms in total. The van der Waals surface area contributed by atoms with E-state index in [4.69, 9.17) is 9.84 Å². The number of ether oxygens (including phenoxy) is 1. The maximum Gasteiger partial charge on any atom is 0.323 e. The molecule has 3 aliphatic heterocycles. The lowest BCUT2D eigenvalue weighted by Gasteiger charge is -2.27. The number of para-hydroxylation sites is 1. The molecular formula is C17H15N3O5S. The normalized spacial score (nSPS) is 22.7. The Morgan fingerprint density at radius 1 is 1.23 bits per heavy atom. The third kappa shape index (κ3) is 2.78. The fourth-order valence-electron chi connectivity index (χ4n) is 3.13. The number of hydrogen-bond acceptors (Lipinski definition) is 6. The number of carboxylic acids is 1. The van der Waals surface area contributed by atoms with Gasteiger partial charge in [0.1, 0.15) is 6.54 Å². The molecule has 3 aliphatic rings. The molecule has 0 saturated carbocycles. The highest BCUT2D eigenvalue weighted by Gasteiger charge is 2.40. The van der Waals surface area contributed by atoms with Crippen molar-refractivity contribution in [3.63, 3.8) is 0 Å². The summed E-state index contributed by atoms with van der Waals surface area (Å²) in [4.78, 5) is 44.0. The SMILES string of the molecule is O=C(O)CN1C(=O)/C(=C2\SC(N3CCOCC3)=NC2=O)c2ccccc21. The first-order valence-electron chi connectivity index (χ1n) is 8.07. The van der Waals surface area contributed by atoms with Crippen molar-refractivity contribution in [3.05, 3.63) is 34.7 Å². The lowest BCUT2D eigenvalue weighted by Crippen LogP contribution is -2.38. The molecule has 26 heavy (non-hydrogen) atoms. The first kappa shape index (κ1) is 16.8. The number of benzene rings is 1. The summed E-state index contributed by atoms with van der Waals surface area (Å²) in [5.74, 6) is -2.07. The average molecular weight is 373 g/mol. The lowest BCUT2D eigenvalue weighted by atomic mass is 10.1. The van der Waals surface area contributed by atoms with E-state index in [-0.39, 0.29) is 10.5 Å². The number of hydrogen-bond donors (Lipinski definition) is 1. The third-order valence-electron chi connectivity index (χ3n) is 4.31. The predicted molar refractivity (Wildman–Crippen MR) is 95.8 cm³/mol. The molecule has 0 aromatic heterocycles. The van der Waals surface area contributed by atoms with Gasteiger partial charge in [-0.25, -0.2) is 0 Å². The zero-order chi connectivity index (χ0) is 18.3. The Hall–Kier alpha value is -2.65. The van der Waals surface area contributed by atoms with Crippen LogP contribution in [0.2, 0.25) is 0 Å². The Kier molecular flexibility index (Phi) is 4.25. The van der Waals surface area contributed by atoms with Crippen molar-refractivity contribution in [1.29, 1.82) is 0 Å². The van der Waals surface area contributed by atoms with Gasteiger partial charge in [-0.2, -0.15) is 4.99 Å². The summed E-state index contributed by atoms with van der Waals surface area (Å²) in [6.45, 7) is 1.94. The number of aliphatic carboxylic acids is 1. The van der Waals surface area contributed by atoms with Crippen LogP contribution in [0.15, 0.2) is 34.2 Å². The van der Waals surface area contributed by atoms with E-state index in [9.17, 15) is 14.4 Å². The molecule has 0 spiro atoms. The fraction of sp³-hybridized carbons (Fsp3) is 0.294. The second-order valence-electron chi connectivity index (χ2n) is 5.91. The van der Waals surface area contributed by atoms with Gasteiger partial charge in [0.2, 0.25) is 0 Å². The number of aliphatic imine (C=N–C) groups is 1. The van der Waals surface area contributed by atoms with Gasteiger partial charge in [-0.1, -0.05) is 18.2 Å². The first-order chi connectivity index (χ1) is 12.6. The van der Waals surface area contributed by atoms with Crippen LogP contribution in [0.1, 0.15) is 5.56 Å². The van der Waals surface area contributed by atoms with Crippen LogP contribution in [0.3, 0.4) is 0 Å². The van der Waals surface area contributed by atoms with E-state index in [1.54, 1.807) is 24.3 Å². The number of amides is 2. The van der Waals surface area contributed by atoms with Gasteiger partial charge in [-0.05, 0) is 17.8 Å². The van der Waals surface area contributed by atoms with Crippen LogP contribution >= 0.6 is 11.8 Å². The first-order valence-corrected chi connectivity index (χ1v) is 8.89. The van der Waals surface area contributed by atoms with E-state index in [1.165, 1.54) is 16.7 Å². The van der Waals surface area contributed by atoms with Gasteiger partial charge in [0.15, 0.2) is 5.17 Å². The standard InChI is InChI=1S/C17H15N3O5S/c21-12(22)9-20-11-4-2-1-3-10(11)13(16(20)24)14-15(23)18-17(26-14)19-5-7-25-8-6-19/h1-4H,5-9H2,(H,21,22)/b14-13-. The molecule has 134 valence electrons. The Labute approximate surface area is 153 Å². The zero-order valence-corrected chi connectivity index (χ0v) is 14.5. The summed E-state index contributed by atoms with van der Waals surface area (Å²) < 4.78 is 5.31. The van der Waals surface area contributed by atoms with Crippen molar-refractivity contribution in [1.82, 2.24) is 4.90 Å². The van der Waals surface area contributed by atoms with Crippen LogP contribution in [-0.4, -0.2) is 65.8 Å². The number of carbonyl (C=O) groups is 3. The minimum absolute atomic E-state index is 0.226. The largest absolute Gasteiger partial charge is 0.480 e. The van der Waals surface area contributed by atoms with E-state index < -0.39 is 24.3 Å². The maximum absolute atomic E-state index is 12.9. The summed E-state index contributed by atoms with van der Waals surface area (Å²) in [6.07, 6.45) is 0. The molecule has 1 N–H and O–H groups in total. The van der Waals surface area contributed by atoms with Crippen LogP contribution in [0, 0.1) is 0 Å². The maximum atomic E-state index is 12.9. The van der Waals surface area contributed by atoms with Crippen LogP contribution < -0.4 is 4.90 Å². The molecule has 1 fully saturated rings. The van der Waals surface area contributed by atoms with Gasteiger partial charge < -0.3 is 14.7 Å². The van der Waals surface area contributed by atoms with E-state index in [0.717, 1.165) is 0 Å². The number of fused-ring (bicyclic) bond motifs is 1. The van der Waals surface area contributed by atoms with Crippen LogP contribution in [-0.2, 0) is 19.1 Å². The van der Waals surface area contributed by atoms with Crippen LogP contribution in [0.25, 0.3) is 5.57 Å². The number of amidine groups is 1. The third-order valence-corrected chi connectivity index (χ3v) is 5.42. The van der Waals surface area contributed by atoms with Crippen molar-refractivity contribution in [2.24, 2.45) is 4.99 Å². The molecule has 1 aromatic carbocycles. The molecule has 1 aromatic rings. The van der Waals surface area contributed by atoms with Gasteiger partial charge in [0, 0.05) is 18.7 Å². The highest BCUT2D eigenvalue weighted by Crippen LogP contribution is 2.43.